The number of aromatic amines is 1. The van der Waals surface area contributed by atoms with Gasteiger partial charge in [0.15, 0.2) is 5.58 Å². The number of nitrogens with one attached hydrogen (secondary N) is 3. The summed E-state index contributed by atoms with van der Waals surface area (Å²) in [6.45, 7) is 0.780. The Bertz CT molecular complexity index is 1110. The van der Waals surface area contributed by atoms with Gasteiger partial charge in [0.1, 0.15) is 0 Å². The van der Waals surface area contributed by atoms with E-state index in [1.165, 1.54) is 0 Å². The summed E-state index contributed by atoms with van der Waals surface area (Å²) in [4.78, 5) is 48.6. The SMILES string of the molecule is NC(=O)CCC(=O)NCCc1ccc(CNC(=O)c2cccc3oc(=O)[nH]c23)cc1. The summed E-state index contributed by atoms with van der Waals surface area (Å²) in [6.07, 6.45) is 0.774. The summed E-state index contributed by atoms with van der Waals surface area (Å²) in [5.74, 6) is -1.63. The highest BCUT2D eigenvalue weighted by molar-refractivity contribution is 6.04. The lowest BCUT2D eigenvalue weighted by Gasteiger charge is -2.08. The van der Waals surface area contributed by atoms with E-state index in [0.29, 0.717) is 36.2 Å². The summed E-state index contributed by atoms with van der Waals surface area (Å²) in [5.41, 5.74) is 7.99. The van der Waals surface area contributed by atoms with Gasteiger partial charge in [0.2, 0.25) is 11.8 Å². The minimum absolute atomic E-state index is 0.0391. The lowest BCUT2D eigenvalue weighted by molar-refractivity contribution is -0.125. The molecule has 0 fully saturated rings. The number of para-hydroxylation sites is 1. The Morgan fingerprint density at radius 3 is 2.43 bits per heavy atom. The molecule has 156 valence electrons. The van der Waals surface area contributed by atoms with Crippen LogP contribution in [-0.4, -0.2) is 29.3 Å². The predicted molar refractivity (Wildman–Crippen MR) is 110 cm³/mol. The number of aromatic nitrogens is 1. The van der Waals surface area contributed by atoms with Gasteiger partial charge in [0.25, 0.3) is 5.91 Å². The molecule has 0 radical (unpaired) electrons. The number of carbonyl (C=O) groups is 3. The Balaban J connectivity index is 1.48. The number of primary amides is 1. The molecule has 0 bridgehead atoms. The minimum Gasteiger partial charge on any atom is -0.408 e. The predicted octanol–water partition coefficient (Wildman–Crippen LogP) is 0.975. The fraction of sp³-hybridized carbons (Fsp3) is 0.238. The number of carbonyl (C=O) groups excluding carboxylic acids is 3. The van der Waals surface area contributed by atoms with Crippen LogP contribution in [0.2, 0.25) is 0 Å². The first-order valence-electron chi connectivity index (χ1n) is 9.45. The van der Waals surface area contributed by atoms with Crippen molar-refractivity contribution in [3.63, 3.8) is 0 Å². The van der Waals surface area contributed by atoms with Gasteiger partial charge < -0.3 is 20.8 Å². The summed E-state index contributed by atoms with van der Waals surface area (Å²) >= 11 is 0. The molecule has 9 nitrogen and oxygen atoms in total. The van der Waals surface area contributed by atoms with Crippen LogP contribution in [0.4, 0.5) is 0 Å². The first-order valence-corrected chi connectivity index (χ1v) is 9.45. The number of nitrogens with two attached hydrogens (primary N) is 1. The molecule has 9 heteroatoms. The van der Waals surface area contributed by atoms with Gasteiger partial charge in [-0.2, -0.15) is 0 Å². The molecule has 1 aromatic heterocycles. The molecule has 3 amide bonds. The molecule has 0 aliphatic carbocycles. The second-order valence-corrected chi connectivity index (χ2v) is 6.76. The van der Waals surface area contributed by atoms with Gasteiger partial charge in [-0.05, 0) is 29.7 Å². The molecule has 3 rings (SSSR count). The molecule has 30 heavy (non-hydrogen) atoms. The Morgan fingerprint density at radius 1 is 0.967 bits per heavy atom. The topological polar surface area (TPSA) is 147 Å². The Morgan fingerprint density at radius 2 is 1.70 bits per heavy atom. The van der Waals surface area contributed by atoms with Crippen molar-refractivity contribution in [2.24, 2.45) is 5.73 Å². The molecular formula is C21H22N4O5. The zero-order valence-corrected chi connectivity index (χ0v) is 16.2. The molecule has 2 aromatic carbocycles. The van der Waals surface area contributed by atoms with E-state index in [1.807, 2.05) is 24.3 Å². The van der Waals surface area contributed by atoms with Gasteiger partial charge in [-0.15, -0.1) is 0 Å². The average Bonchev–Trinajstić information content (AvgIpc) is 3.11. The van der Waals surface area contributed by atoms with Crippen LogP contribution < -0.4 is 22.1 Å². The van der Waals surface area contributed by atoms with Crippen molar-refractivity contribution in [2.45, 2.75) is 25.8 Å². The van der Waals surface area contributed by atoms with Crippen LogP contribution in [0, 0.1) is 0 Å². The lowest BCUT2D eigenvalue weighted by Crippen LogP contribution is -2.27. The zero-order valence-electron chi connectivity index (χ0n) is 16.2. The highest BCUT2D eigenvalue weighted by Crippen LogP contribution is 2.15. The molecule has 0 aliphatic rings. The fourth-order valence-electron chi connectivity index (χ4n) is 2.93. The van der Waals surface area contributed by atoms with E-state index in [1.54, 1.807) is 18.2 Å². The Hall–Kier alpha value is -3.88. The fourth-order valence-corrected chi connectivity index (χ4v) is 2.93. The first-order chi connectivity index (χ1) is 14.4. The van der Waals surface area contributed by atoms with E-state index in [4.69, 9.17) is 10.2 Å². The normalized spacial score (nSPS) is 10.7. The molecule has 3 aromatic rings. The lowest BCUT2D eigenvalue weighted by atomic mass is 10.1. The molecule has 0 unspecified atom stereocenters. The van der Waals surface area contributed by atoms with Crippen molar-refractivity contribution in [2.75, 3.05) is 6.54 Å². The molecule has 0 spiro atoms. The maximum Gasteiger partial charge on any atom is 0.417 e. The summed E-state index contributed by atoms with van der Waals surface area (Å²) in [7, 11) is 0. The molecular weight excluding hydrogens is 388 g/mol. The third-order valence-corrected chi connectivity index (χ3v) is 4.51. The quantitative estimate of drug-likeness (QED) is 0.415. The van der Waals surface area contributed by atoms with Crippen molar-refractivity contribution in [1.82, 2.24) is 15.6 Å². The summed E-state index contributed by atoms with van der Waals surface area (Å²) in [5, 5.41) is 5.56. The van der Waals surface area contributed by atoms with Crippen LogP contribution in [0.25, 0.3) is 11.1 Å². The first kappa shape index (κ1) is 20.8. The maximum absolute atomic E-state index is 12.5. The Kier molecular flexibility index (Phi) is 6.63. The van der Waals surface area contributed by atoms with Crippen molar-refractivity contribution >= 4 is 28.8 Å². The van der Waals surface area contributed by atoms with Crippen LogP contribution in [0.1, 0.15) is 34.3 Å². The highest BCUT2D eigenvalue weighted by Gasteiger charge is 2.13. The number of amides is 3. The summed E-state index contributed by atoms with van der Waals surface area (Å²) < 4.78 is 4.97. The number of oxazole rings is 1. The third kappa shape index (κ3) is 5.57. The van der Waals surface area contributed by atoms with Gasteiger partial charge in [-0.1, -0.05) is 30.3 Å². The van der Waals surface area contributed by atoms with Crippen LogP contribution in [0.5, 0.6) is 0 Å². The van der Waals surface area contributed by atoms with Gasteiger partial charge in [0, 0.05) is 25.9 Å². The number of hydrogen-bond donors (Lipinski definition) is 4. The standard InChI is InChI=1S/C21H22N4O5/c22-17(26)8-9-18(27)23-11-10-13-4-6-14(7-5-13)12-24-20(28)15-2-1-3-16-19(15)25-21(29)30-16/h1-7H,8-12H2,(H2,22,26)(H,23,27)(H,24,28)(H,25,29). The van der Waals surface area contributed by atoms with Crippen LogP contribution >= 0.6 is 0 Å². The highest BCUT2D eigenvalue weighted by atomic mass is 16.4. The molecule has 1 heterocycles. The van der Waals surface area contributed by atoms with Crippen molar-refractivity contribution in [1.29, 1.82) is 0 Å². The smallest absolute Gasteiger partial charge is 0.408 e. The molecule has 0 atom stereocenters. The Labute approximate surface area is 171 Å². The average molecular weight is 410 g/mol. The largest absolute Gasteiger partial charge is 0.417 e. The van der Waals surface area contributed by atoms with Gasteiger partial charge in [-0.25, -0.2) is 4.79 Å². The van der Waals surface area contributed by atoms with Crippen molar-refractivity contribution < 1.29 is 18.8 Å². The second kappa shape index (κ2) is 9.55. The molecule has 0 saturated heterocycles. The number of benzene rings is 2. The molecule has 5 N–H and O–H groups in total. The van der Waals surface area contributed by atoms with Crippen LogP contribution in [0.3, 0.4) is 0 Å². The van der Waals surface area contributed by atoms with Crippen LogP contribution in [0.15, 0.2) is 51.7 Å². The third-order valence-electron chi connectivity index (χ3n) is 4.51. The van der Waals surface area contributed by atoms with Gasteiger partial charge in [-0.3, -0.25) is 19.4 Å². The monoisotopic (exact) mass is 410 g/mol. The van der Waals surface area contributed by atoms with Crippen LogP contribution in [-0.2, 0) is 22.6 Å². The number of hydrogen-bond acceptors (Lipinski definition) is 5. The number of H-pyrrole nitrogens is 1. The molecule has 0 saturated carbocycles. The van der Waals surface area contributed by atoms with E-state index in [9.17, 15) is 19.2 Å². The molecule has 0 aliphatic heterocycles. The second-order valence-electron chi connectivity index (χ2n) is 6.76. The minimum atomic E-state index is -0.607. The van der Waals surface area contributed by atoms with E-state index < -0.39 is 11.7 Å². The zero-order chi connectivity index (χ0) is 21.5. The van der Waals surface area contributed by atoms with E-state index in [0.717, 1.165) is 11.1 Å². The summed E-state index contributed by atoms with van der Waals surface area (Å²) in [6, 6.07) is 12.5. The number of fused-ring (bicyclic) bond motifs is 1. The van der Waals surface area contributed by atoms with Gasteiger partial charge >= 0.3 is 5.76 Å². The van der Waals surface area contributed by atoms with Crippen molar-refractivity contribution in [3.05, 3.63) is 69.7 Å². The van der Waals surface area contributed by atoms with Gasteiger partial charge in [0.05, 0.1) is 11.1 Å². The number of rotatable bonds is 9. The van der Waals surface area contributed by atoms with Crippen molar-refractivity contribution in [3.8, 4) is 0 Å². The van der Waals surface area contributed by atoms with E-state index >= 15 is 0 Å². The van der Waals surface area contributed by atoms with E-state index in [2.05, 4.69) is 15.6 Å². The maximum atomic E-state index is 12.5. The van der Waals surface area contributed by atoms with E-state index in [-0.39, 0.29) is 24.7 Å².